The van der Waals surface area contributed by atoms with Crippen LogP contribution in [0.15, 0.2) is 24.3 Å². The van der Waals surface area contributed by atoms with Crippen molar-refractivity contribution in [2.75, 3.05) is 0 Å². The van der Waals surface area contributed by atoms with Gasteiger partial charge in [0.05, 0.1) is 0 Å². The molecule has 2 nitrogen and oxygen atoms in total. The molecule has 2 atom stereocenters. The standard InChI is InChI=1S/C22H28Cl2O2/c1-6-12(3)17-8-15(23)10-19(21(17)25)14(5)20-11-16(24)9-18(22(20)26)13(4)7-2/h8-14,25-26H,6-7H2,1-5H3. The lowest BCUT2D eigenvalue weighted by Crippen LogP contribution is -2.03. The summed E-state index contributed by atoms with van der Waals surface area (Å²) in [4.78, 5) is 0. The SMILES string of the molecule is CCC(C)c1cc(Cl)cc(C(C)c2cc(Cl)cc(C(C)CC)c2O)c1O. The van der Waals surface area contributed by atoms with Gasteiger partial charge in [-0.2, -0.15) is 0 Å². The van der Waals surface area contributed by atoms with Crippen LogP contribution in [0.25, 0.3) is 0 Å². The Hall–Kier alpha value is -1.38. The first-order valence-electron chi connectivity index (χ1n) is 9.25. The summed E-state index contributed by atoms with van der Waals surface area (Å²) in [6.45, 7) is 10.2. The number of phenolic OH excluding ortho intramolecular Hbond substituents is 2. The van der Waals surface area contributed by atoms with Crippen molar-refractivity contribution < 1.29 is 10.2 Å². The second-order valence-electron chi connectivity index (χ2n) is 7.21. The number of phenols is 2. The van der Waals surface area contributed by atoms with Gasteiger partial charge < -0.3 is 10.2 Å². The average molecular weight is 395 g/mol. The van der Waals surface area contributed by atoms with E-state index in [0.717, 1.165) is 24.0 Å². The van der Waals surface area contributed by atoms with E-state index in [1.54, 1.807) is 12.1 Å². The van der Waals surface area contributed by atoms with Crippen LogP contribution in [0.2, 0.25) is 10.0 Å². The lowest BCUT2D eigenvalue weighted by Gasteiger charge is -2.22. The smallest absolute Gasteiger partial charge is 0.122 e. The molecule has 26 heavy (non-hydrogen) atoms. The van der Waals surface area contributed by atoms with Gasteiger partial charge in [-0.3, -0.25) is 0 Å². The lowest BCUT2D eigenvalue weighted by molar-refractivity contribution is 0.444. The van der Waals surface area contributed by atoms with Crippen molar-refractivity contribution in [3.63, 3.8) is 0 Å². The predicted octanol–water partition coefficient (Wildman–Crippen LogP) is 7.58. The molecule has 0 saturated heterocycles. The largest absolute Gasteiger partial charge is 0.507 e. The van der Waals surface area contributed by atoms with Crippen molar-refractivity contribution in [2.45, 2.75) is 65.2 Å². The number of aromatic hydroxyl groups is 2. The monoisotopic (exact) mass is 394 g/mol. The van der Waals surface area contributed by atoms with Crippen molar-refractivity contribution in [3.05, 3.63) is 56.6 Å². The number of hydrogen-bond donors (Lipinski definition) is 2. The fourth-order valence-electron chi connectivity index (χ4n) is 3.30. The van der Waals surface area contributed by atoms with E-state index in [1.165, 1.54) is 0 Å². The number of rotatable bonds is 6. The first-order chi connectivity index (χ1) is 12.2. The summed E-state index contributed by atoms with van der Waals surface area (Å²) in [5.74, 6) is 0.658. The van der Waals surface area contributed by atoms with E-state index in [-0.39, 0.29) is 29.3 Å². The Morgan fingerprint density at radius 2 is 1.00 bits per heavy atom. The van der Waals surface area contributed by atoms with Crippen LogP contribution in [0.1, 0.15) is 87.5 Å². The van der Waals surface area contributed by atoms with Gasteiger partial charge in [-0.25, -0.2) is 0 Å². The van der Waals surface area contributed by atoms with E-state index >= 15 is 0 Å². The number of hydrogen-bond acceptors (Lipinski definition) is 2. The Bertz CT molecular complexity index is 721. The molecular weight excluding hydrogens is 367 g/mol. The Balaban J connectivity index is 2.62. The van der Waals surface area contributed by atoms with Gasteiger partial charge >= 0.3 is 0 Å². The molecule has 4 heteroatoms. The first kappa shape index (κ1) is 20.9. The molecule has 0 fully saturated rings. The molecule has 0 radical (unpaired) electrons. The van der Waals surface area contributed by atoms with Crippen LogP contribution < -0.4 is 0 Å². The van der Waals surface area contributed by atoms with Crippen LogP contribution in [0.3, 0.4) is 0 Å². The summed E-state index contributed by atoms with van der Waals surface area (Å²) in [6.07, 6.45) is 1.81. The highest BCUT2D eigenvalue weighted by molar-refractivity contribution is 6.31. The molecule has 142 valence electrons. The summed E-state index contributed by atoms with van der Waals surface area (Å²) < 4.78 is 0. The van der Waals surface area contributed by atoms with Crippen LogP contribution in [0.5, 0.6) is 11.5 Å². The molecule has 2 aromatic carbocycles. The third-order valence-electron chi connectivity index (χ3n) is 5.49. The normalized spacial score (nSPS) is 14.9. The Morgan fingerprint density at radius 1 is 0.692 bits per heavy atom. The predicted molar refractivity (Wildman–Crippen MR) is 111 cm³/mol. The highest BCUT2D eigenvalue weighted by atomic mass is 35.5. The topological polar surface area (TPSA) is 40.5 Å². The minimum absolute atomic E-state index is 0.197. The van der Waals surface area contributed by atoms with Gasteiger partial charge in [0.1, 0.15) is 11.5 Å². The summed E-state index contributed by atoms with van der Waals surface area (Å²) in [5.41, 5.74) is 3.09. The number of halogens is 2. The van der Waals surface area contributed by atoms with Crippen molar-refractivity contribution >= 4 is 23.2 Å². The van der Waals surface area contributed by atoms with Crippen LogP contribution in [0.4, 0.5) is 0 Å². The van der Waals surface area contributed by atoms with E-state index in [2.05, 4.69) is 27.7 Å². The van der Waals surface area contributed by atoms with Crippen LogP contribution in [-0.2, 0) is 0 Å². The zero-order chi connectivity index (χ0) is 19.6. The molecule has 0 saturated carbocycles. The van der Waals surface area contributed by atoms with E-state index < -0.39 is 0 Å². The fourth-order valence-corrected chi connectivity index (χ4v) is 3.77. The Morgan fingerprint density at radius 3 is 1.31 bits per heavy atom. The molecule has 0 heterocycles. The van der Waals surface area contributed by atoms with Gasteiger partial charge in [-0.05, 0) is 60.1 Å². The molecule has 0 aliphatic heterocycles. The molecule has 0 aliphatic carbocycles. The molecule has 0 bridgehead atoms. The minimum atomic E-state index is -0.238. The first-order valence-corrected chi connectivity index (χ1v) is 10.0. The maximum absolute atomic E-state index is 10.9. The summed E-state index contributed by atoms with van der Waals surface area (Å²) in [6, 6.07) is 7.20. The number of benzene rings is 2. The van der Waals surface area contributed by atoms with Gasteiger partial charge in [0.2, 0.25) is 0 Å². The molecule has 0 aromatic heterocycles. The summed E-state index contributed by atoms with van der Waals surface area (Å²) >= 11 is 12.7. The molecule has 2 rings (SSSR count). The van der Waals surface area contributed by atoms with Gasteiger partial charge in [0, 0.05) is 27.1 Å². The second kappa shape index (κ2) is 8.54. The highest BCUT2D eigenvalue weighted by Gasteiger charge is 2.23. The molecule has 0 spiro atoms. The fraction of sp³-hybridized carbons (Fsp3) is 0.455. The summed E-state index contributed by atoms with van der Waals surface area (Å²) in [7, 11) is 0. The van der Waals surface area contributed by atoms with E-state index in [1.807, 2.05) is 19.1 Å². The third-order valence-corrected chi connectivity index (χ3v) is 5.92. The van der Waals surface area contributed by atoms with E-state index in [9.17, 15) is 10.2 Å². The molecule has 0 amide bonds. The second-order valence-corrected chi connectivity index (χ2v) is 8.08. The van der Waals surface area contributed by atoms with Crippen molar-refractivity contribution in [3.8, 4) is 11.5 Å². The minimum Gasteiger partial charge on any atom is -0.507 e. The lowest BCUT2D eigenvalue weighted by atomic mass is 9.85. The van der Waals surface area contributed by atoms with Gasteiger partial charge in [0.15, 0.2) is 0 Å². The average Bonchev–Trinajstić information content (AvgIpc) is 2.62. The maximum atomic E-state index is 10.9. The zero-order valence-corrected chi connectivity index (χ0v) is 17.6. The highest BCUT2D eigenvalue weighted by Crippen LogP contribution is 2.44. The van der Waals surface area contributed by atoms with Gasteiger partial charge in [-0.15, -0.1) is 0 Å². The molecule has 0 aliphatic rings. The van der Waals surface area contributed by atoms with E-state index in [0.29, 0.717) is 21.2 Å². The van der Waals surface area contributed by atoms with Crippen molar-refractivity contribution in [1.29, 1.82) is 0 Å². The van der Waals surface area contributed by atoms with Crippen LogP contribution in [0, 0.1) is 0 Å². The van der Waals surface area contributed by atoms with Gasteiger partial charge in [0.25, 0.3) is 0 Å². The molecule has 2 N–H and O–H groups in total. The third kappa shape index (κ3) is 4.13. The van der Waals surface area contributed by atoms with E-state index in [4.69, 9.17) is 23.2 Å². The van der Waals surface area contributed by atoms with Crippen LogP contribution >= 0.6 is 23.2 Å². The van der Waals surface area contributed by atoms with Crippen LogP contribution in [-0.4, -0.2) is 10.2 Å². The molecule has 2 aromatic rings. The molecular formula is C22H28Cl2O2. The Kier molecular flexibility index (Phi) is 6.87. The quantitative estimate of drug-likeness (QED) is 0.529. The van der Waals surface area contributed by atoms with Crippen molar-refractivity contribution in [1.82, 2.24) is 0 Å². The summed E-state index contributed by atoms with van der Waals surface area (Å²) in [5, 5.41) is 22.9. The zero-order valence-electron chi connectivity index (χ0n) is 16.1. The van der Waals surface area contributed by atoms with Gasteiger partial charge in [-0.1, -0.05) is 57.8 Å². The van der Waals surface area contributed by atoms with Crippen molar-refractivity contribution in [2.24, 2.45) is 0 Å². The maximum Gasteiger partial charge on any atom is 0.122 e. The molecule has 2 unspecified atom stereocenters. The Labute approximate surface area is 166 Å².